The van der Waals surface area contributed by atoms with Crippen LogP contribution in [0.15, 0.2) is 53.6 Å². The Kier molecular flexibility index (Phi) is 8.57. The molecule has 158 valence electrons. The topological polar surface area (TPSA) is 55.8 Å². The van der Waals surface area contributed by atoms with Crippen molar-refractivity contribution in [3.8, 4) is 0 Å². The number of aliphatic hydroxyl groups is 1. The van der Waals surface area contributed by atoms with Crippen LogP contribution in [0.25, 0.3) is 6.08 Å². The highest BCUT2D eigenvalue weighted by Crippen LogP contribution is 2.40. The Morgan fingerprint density at radius 3 is 2.52 bits per heavy atom. The van der Waals surface area contributed by atoms with E-state index in [0.717, 1.165) is 35.1 Å². The van der Waals surface area contributed by atoms with Gasteiger partial charge in [0.05, 0.1) is 6.10 Å². The molecule has 1 aliphatic carbocycles. The van der Waals surface area contributed by atoms with E-state index in [1.54, 1.807) is 18.2 Å². The van der Waals surface area contributed by atoms with Gasteiger partial charge in [0.2, 0.25) is 0 Å². The van der Waals surface area contributed by atoms with Crippen molar-refractivity contribution in [1.29, 1.82) is 0 Å². The molecule has 0 bridgehead atoms. The summed E-state index contributed by atoms with van der Waals surface area (Å²) in [7, 11) is 0. The van der Waals surface area contributed by atoms with Gasteiger partial charge < -0.3 is 14.6 Å². The van der Waals surface area contributed by atoms with Gasteiger partial charge in [0.25, 0.3) is 0 Å². The Morgan fingerprint density at radius 1 is 1.21 bits per heavy atom. The number of hydrogen-bond acceptors (Lipinski definition) is 4. The van der Waals surface area contributed by atoms with Crippen molar-refractivity contribution < 1.29 is 19.4 Å². The monoisotopic (exact) mass is 398 g/mol. The first-order valence-corrected chi connectivity index (χ1v) is 10.4. The van der Waals surface area contributed by atoms with E-state index in [2.05, 4.69) is 13.8 Å². The third-order valence-electron chi connectivity index (χ3n) is 5.37. The van der Waals surface area contributed by atoms with Crippen LogP contribution in [0.2, 0.25) is 0 Å². The number of rotatable bonds is 9. The maximum absolute atomic E-state index is 12.4. The Balaban J connectivity index is 2.12. The summed E-state index contributed by atoms with van der Waals surface area (Å²) in [6.07, 6.45) is 7.67. The lowest BCUT2D eigenvalue weighted by atomic mass is 9.71. The molecule has 4 nitrogen and oxygen atoms in total. The SMILES string of the molecule is CCOC(OCC)c1cccc(/C=C/C(=O)/C=C/C2=C(C)C(O)CCC2(C)C)c1. The van der Waals surface area contributed by atoms with Gasteiger partial charge in [-0.2, -0.15) is 0 Å². The van der Waals surface area contributed by atoms with Crippen molar-refractivity contribution in [1.82, 2.24) is 0 Å². The van der Waals surface area contributed by atoms with Gasteiger partial charge in [-0.25, -0.2) is 0 Å². The Morgan fingerprint density at radius 2 is 1.86 bits per heavy atom. The Labute approximate surface area is 174 Å². The Bertz CT molecular complexity index is 780. The summed E-state index contributed by atoms with van der Waals surface area (Å²) in [4.78, 5) is 12.4. The molecule has 4 heteroatoms. The number of hydrogen-bond donors (Lipinski definition) is 1. The molecule has 0 amide bonds. The highest BCUT2D eigenvalue weighted by Gasteiger charge is 2.30. The molecule has 1 aromatic rings. The van der Waals surface area contributed by atoms with Crippen LogP contribution in [0.4, 0.5) is 0 Å². The molecule has 0 aliphatic heterocycles. The van der Waals surface area contributed by atoms with Gasteiger partial charge in [0.15, 0.2) is 12.1 Å². The van der Waals surface area contributed by atoms with Crippen LogP contribution in [-0.4, -0.2) is 30.2 Å². The molecule has 0 spiro atoms. The first kappa shape index (κ1) is 23.3. The first-order valence-electron chi connectivity index (χ1n) is 10.4. The third-order valence-corrected chi connectivity index (χ3v) is 5.37. The minimum absolute atomic E-state index is 0.0360. The maximum atomic E-state index is 12.4. The molecule has 1 atom stereocenters. The number of carbonyl (C=O) groups is 1. The minimum Gasteiger partial charge on any atom is -0.389 e. The van der Waals surface area contributed by atoms with Gasteiger partial charge in [0.1, 0.15) is 0 Å². The van der Waals surface area contributed by atoms with Crippen LogP contribution < -0.4 is 0 Å². The summed E-state index contributed by atoms with van der Waals surface area (Å²) in [5.41, 5.74) is 3.82. The van der Waals surface area contributed by atoms with Gasteiger partial charge in [-0.15, -0.1) is 0 Å². The third kappa shape index (κ3) is 6.49. The van der Waals surface area contributed by atoms with Crippen LogP contribution in [0.5, 0.6) is 0 Å². The predicted molar refractivity (Wildman–Crippen MR) is 117 cm³/mol. The van der Waals surface area contributed by atoms with Crippen LogP contribution in [0.3, 0.4) is 0 Å². The fourth-order valence-corrected chi connectivity index (χ4v) is 3.67. The van der Waals surface area contributed by atoms with Crippen molar-refractivity contribution in [3.63, 3.8) is 0 Å². The molecule has 1 aliphatic rings. The predicted octanol–water partition coefficient (Wildman–Crippen LogP) is 5.39. The van der Waals surface area contributed by atoms with E-state index < -0.39 is 12.4 Å². The number of ketones is 1. The van der Waals surface area contributed by atoms with E-state index >= 15 is 0 Å². The van der Waals surface area contributed by atoms with Crippen LogP contribution in [-0.2, 0) is 14.3 Å². The second kappa shape index (κ2) is 10.7. The number of benzene rings is 1. The van der Waals surface area contributed by atoms with Crippen molar-refractivity contribution >= 4 is 11.9 Å². The smallest absolute Gasteiger partial charge is 0.183 e. The van der Waals surface area contributed by atoms with Crippen molar-refractivity contribution in [2.75, 3.05) is 13.2 Å². The van der Waals surface area contributed by atoms with E-state index in [9.17, 15) is 9.90 Å². The van der Waals surface area contributed by atoms with E-state index in [-0.39, 0.29) is 11.2 Å². The van der Waals surface area contributed by atoms with Crippen molar-refractivity contribution in [3.05, 3.63) is 64.8 Å². The molecule has 0 saturated carbocycles. The molecule has 29 heavy (non-hydrogen) atoms. The number of carbonyl (C=O) groups excluding carboxylic acids is 1. The molecule has 0 radical (unpaired) electrons. The summed E-state index contributed by atoms with van der Waals surface area (Å²) in [6.45, 7) is 11.3. The largest absolute Gasteiger partial charge is 0.389 e. The molecule has 0 fully saturated rings. The summed E-state index contributed by atoms with van der Waals surface area (Å²) < 4.78 is 11.3. The van der Waals surface area contributed by atoms with E-state index in [1.807, 2.05) is 51.1 Å². The summed E-state index contributed by atoms with van der Waals surface area (Å²) in [5, 5.41) is 10.1. The molecule has 0 heterocycles. The number of aliphatic hydroxyl groups excluding tert-OH is 1. The van der Waals surface area contributed by atoms with Crippen LogP contribution >= 0.6 is 0 Å². The number of allylic oxidation sites excluding steroid dienone is 4. The van der Waals surface area contributed by atoms with E-state index in [4.69, 9.17) is 9.47 Å². The molecule has 0 aromatic heterocycles. The van der Waals surface area contributed by atoms with Crippen molar-refractivity contribution in [2.24, 2.45) is 5.41 Å². The lowest BCUT2D eigenvalue weighted by Crippen LogP contribution is -2.27. The summed E-state index contributed by atoms with van der Waals surface area (Å²) in [5.74, 6) is -0.0854. The second-order valence-corrected chi connectivity index (χ2v) is 8.02. The summed E-state index contributed by atoms with van der Waals surface area (Å²) >= 11 is 0. The lowest BCUT2D eigenvalue weighted by Gasteiger charge is -2.35. The normalized spacial score (nSPS) is 19.6. The maximum Gasteiger partial charge on any atom is 0.183 e. The van der Waals surface area contributed by atoms with Gasteiger partial charge in [-0.3, -0.25) is 4.79 Å². The molecular weight excluding hydrogens is 364 g/mol. The van der Waals surface area contributed by atoms with E-state index in [0.29, 0.717) is 13.2 Å². The first-order chi connectivity index (χ1) is 13.8. The molecule has 1 unspecified atom stereocenters. The summed E-state index contributed by atoms with van der Waals surface area (Å²) in [6, 6.07) is 7.80. The lowest BCUT2D eigenvalue weighted by molar-refractivity contribution is -0.140. The molecule has 2 rings (SSSR count). The quantitative estimate of drug-likeness (QED) is 0.447. The highest BCUT2D eigenvalue weighted by atomic mass is 16.7. The molecule has 1 N–H and O–H groups in total. The van der Waals surface area contributed by atoms with Gasteiger partial charge in [-0.05, 0) is 74.0 Å². The average molecular weight is 399 g/mol. The van der Waals surface area contributed by atoms with Gasteiger partial charge >= 0.3 is 0 Å². The van der Waals surface area contributed by atoms with Crippen LogP contribution in [0, 0.1) is 5.41 Å². The number of ether oxygens (including phenoxy) is 2. The zero-order chi connectivity index (χ0) is 21.4. The minimum atomic E-state index is -0.417. The standard InChI is InChI=1S/C25H34O4/c1-6-28-24(29-7-2)20-10-8-9-19(17-20)11-12-21(26)13-14-22-18(3)23(27)15-16-25(22,4)5/h8-14,17,23-24,27H,6-7,15-16H2,1-5H3/b12-11+,14-13+. The van der Waals surface area contributed by atoms with E-state index in [1.165, 1.54) is 0 Å². The fourth-order valence-electron chi connectivity index (χ4n) is 3.67. The van der Waals surface area contributed by atoms with Gasteiger partial charge in [-0.1, -0.05) is 44.2 Å². The second-order valence-electron chi connectivity index (χ2n) is 8.02. The highest BCUT2D eigenvalue weighted by molar-refractivity contribution is 6.02. The van der Waals surface area contributed by atoms with Crippen molar-refractivity contribution in [2.45, 2.75) is 59.9 Å². The zero-order valence-electron chi connectivity index (χ0n) is 18.3. The Hall–Kier alpha value is -2.01. The molecule has 0 saturated heterocycles. The molecular formula is C25H34O4. The zero-order valence-corrected chi connectivity index (χ0v) is 18.3. The molecule has 1 aromatic carbocycles. The van der Waals surface area contributed by atoms with Crippen LogP contribution in [0.1, 0.15) is 64.9 Å². The average Bonchev–Trinajstić information content (AvgIpc) is 2.69. The fraction of sp³-hybridized carbons (Fsp3) is 0.480. The van der Waals surface area contributed by atoms with Gasteiger partial charge in [0, 0.05) is 18.8 Å².